The number of furan rings is 1. The van der Waals surface area contributed by atoms with E-state index < -0.39 is 0 Å². The van der Waals surface area contributed by atoms with Crippen LogP contribution in [0.1, 0.15) is 0 Å². The Morgan fingerprint density at radius 1 is 1.20 bits per heavy atom. The molecule has 0 spiro atoms. The van der Waals surface area contributed by atoms with Crippen LogP contribution in [0.4, 0.5) is 5.95 Å². The molecule has 15 heavy (non-hydrogen) atoms. The maximum atomic E-state index is 5.52. The van der Waals surface area contributed by atoms with Crippen LogP contribution in [-0.2, 0) is 0 Å². The van der Waals surface area contributed by atoms with Crippen LogP contribution >= 0.6 is 0 Å². The largest absolute Gasteiger partial charge is 0.451 e. The van der Waals surface area contributed by atoms with E-state index in [0.717, 1.165) is 11.0 Å². The van der Waals surface area contributed by atoms with E-state index in [2.05, 4.69) is 10.1 Å². The molecule has 0 radical (unpaired) electrons. The van der Waals surface area contributed by atoms with Gasteiger partial charge in [0.25, 0.3) is 11.8 Å². The summed E-state index contributed by atoms with van der Waals surface area (Å²) in [6, 6.07) is 9.49. The second-order valence-corrected chi connectivity index (χ2v) is 3.11. The van der Waals surface area contributed by atoms with Gasteiger partial charge in [-0.25, -0.2) is 0 Å². The Balaban J connectivity index is 2.19. The number of hydrogen-bond acceptors (Lipinski definition) is 5. The molecule has 0 aliphatic heterocycles. The first-order valence-electron chi connectivity index (χ1n) is 4.41. The molecular formula is C10H7N3O2. The highest BCUT2D eigenvalue weighted by Gasteiger charge is 2.11. The third kappa shape index (κ3) is 1.25. The molecule has 3 rings (SSSR count). The first kappa shape index (κ1) is 8.05. The summed E-state index contributed by atoms with van der Waals surface area (Å²) < 4.78 is 10.4. The molecule has 0 unspecified atom stereocenters. The van der Waals surface area contributed by atoms with Crippen molar-refractivity contribution in [3.63, 3.8) is 0 Å². The highest BCUT2D eigenvalue weighted by Crippen LogP contribution is 2.26. The molecule has 3 aromatic rings. The second kappa shape index (κ2) is 2.84. The topological polar surface area (TPSA) is 78.1 Å². The fourth-order valence-corrected chi connectivity index (χ4v) is 1.42. The molecule has 2 N–H and O–H groups in total. The van der Waals surface area contributed by atoms with E-state index in [1.54, 1.807) is 0 Å². The molecule has 2 aromatic heterocycles. The Labute approximate surface area is 84.5 Å². The van der Waals surface area contributed by atoms with Gasteiger partial charge in [-0.15, -0.1) is 0 Å². The minimum Gasteiger partial charge on any atom is -0.451 e. The number of benzene rings is 1. The standard InChI is InChI=1S/C10H7N3O2/c11-10-12-9(15-13-10)8-5-6-3-1-2-4-7(6)14-8/h1-5H,(H2,11,13). The third-order valence-electron chi connectivity index (χ3n) is 2.08. The zero-order valence-electron chi connectivity index (χ0n) is 7.68. The van der Waals surface area contributed by atoms with Crippen molar-refractivity contribution in [2.75, 3.05) is 5.73 Å². The molecule has 1 aromatic carbocycles. The van der Waals surface area contributed by atoms with Gasteiger partial charge < -0.3 is 14.7 Å². The summed E-state index contributed by atoms with van der Waals surface area (Å²) in [5.74, 6) is 0.926. The second-order valence-electron chi connectivity index (χ2n) is 3.11. The highest BCUT2D eigenvalue weighted by atomic mass is 16.5. The number of rotatable bonds is 1. The molecule has 0 fully saturated rings. The molecule has 0 bridgehead atoms. The molecule has 0 saturated carbocycles. The summed E-state index contributed by atoms with van der Waals surface area (Å²) in [5.41, 5.74) is 6.13. The van der Waals surface area contributed by atoms with Crippen molar-refractivity contribution in [2.45, 2.75) is 0 Å². The molecule has 0 atom stereocenters. The van der Waals surface area contributed by atoms with E-state index in [4.69, 9.17) is 14.7 Å². The number of nitrogens with two attached hydrogens (primary N) is 1. The molecule has 2 heterocycles. The Morgan fingerprint density at radius 2 is 2.07 bits per heavy atom. The molecule has 5 heteroatoms. The van der Waals surface area contributed by atoms with E-state index >= 15 is 0 Å². The van der Waals surface area contributed by atoms with Gasteiger partial charge in [-0.3, -0.25) is 0 Å². The first-order valence-corrected chi connectivity index (χ1v) is 4.41. The van der Waals surface area contributed by atoms with Crippen LogP contribution in [0, 0.1) is 0 Å². The van der Waals surface area contributed by atoms with Gasteiger partial charge in [0.1, 0.15) is 5.58 Å². The predicted octanol–water partition coefficient (Wildman–Crippen LogP) is 2.06. The lowest BCUT2D eigenvalue weighted by atomic mass is 10.2. The SMILES string of the molecule is Nc1noc(-c2cc3ccccc3o2)n1. The summed E-state index contributed by atoms with van der Waals surface area (Å²) in [7, 11) is 0. The Kier molecular flexibility index (Phi) is 1.53. The lowest BCUT2D eigenvalue weighted by Crippen LogP contribution is -1.84. The fourth-order valence-electron chi connectivity index (χ4n) is 1.42. The third-order valence-corrected chi connectivity index (χ3v) is 2.08. The van der Waals surface area contributed by atoms with Crippen molar-refractivity contribution in [2.24, 2.45) is 0 Å². The van der Waals surface area contributed by atoms with Gasteiger partial charge >= 0.3 is 0 Å². The number of aromatic nitrogens is 2. The average Bonchev–Trinajstić information content (AvgIpc) is 2.82. The van der Waals surface area contributed by atoms with Gasteiger partial charge in [-0.05, 0) is 17.3 Å². The van der Waals surface area contributed by atoms with E-state index in [0.29, 0.717) is 11.7 Å². The monoisotopic (exact) mass is 201 g/mol. The Bertz CT molecular complexity index is 579. The highest BCUT2D eigenvalue weighted by molar-refractivity contribution is 5.81. The van der Waals surface area contributed by atoms with Gasteiger partial charge in [0.05, 0.1) is 0 Å². The number of nitrogens with zero attached hydrogens (tertiary/aromatic N) is 2. The Morgan fingerprint density at radius 3 is 2.80 bits per heavy atom. The first-order chi connectivity index (χ1) is 7.33. The van der Waals surface area contributed by atoms with Crippen molar-refractivity contribution in [1.29, 1.82) is 0 Å². The molecule has 74 valence electrons. The predicted molar refractivity (Wildman–Crippen MR) is 53.9 cm³/mol. The van der Waals surface area contributed by atoms with Gasteiger partial charge in [-0.1, -0.05) is 18.2 Å². The molecule has 0 saturated heterocycles. The number of anilines is 1. The van der Waals surface area contributed by atoms with Gasteiger partial charge in [0.15, 0.2) is 5.76 Å². The van der Waals surface area contributed by atoms with Crippen molar-refractivity contribution < 1.29 is 8.94 Å². The van der Waals surface area contributed by atoms with Crippen molar-refractivity contribution in [3.05, 3.63) is 30.3 Å². The van der Waals surface area contributed by atoms with Gasteiger partial charge in [0.2, 0.25) is 0 Å². The van der Waals surface area contributed by atoms with Gasteiger partial charge in [0, 0.05) is 5.39 Å². The van der Waals surface area contributed by atoms with E-state index in [9.17, 15) is 0 Å². The quantitative estimate of drug-likeness (QED) is 0.651. The summed E-state index contributed by atoms with van der Waals surface area (Å²) in [5, 5.41) is 4.48. The molecule has 5 nitrogen and oxygen atoms in total. The smallest absolute Gasteiger partial charge is 0.295 e. The lowest BCUT2D eigenvalue weighted by Gasteiger charge is -1.83. The minimum atomic E-state index is 0.102. The number of para-hydroxylation sites is 1. The summed E-state index contributed by atoms with van der Waals surface area (Å²) in [6.45, 7) is 0. The maximum absolute atomic E-state index is 5.52. The van der Waals surface area contributed by atoms with Crippen LogP contribution in [0.15, 0.2) is 39.3 Å². The number of fused-ring (bicyclic) bond motifs is 1. The summed E-state index contributed by atoms with van der Waals surface area (Å²) >= 11 is 0. The zero-order chi connectivity index (χ0) is 10.3. The van der Waals surface area contributed by atoms with E-state index in [1.165, 1.54) is 0 Å². The van der Waals surface area contributed by atoms with Crippen LogP contribution in [0.5, 0.6) is 0 Å². The molecule has 0 aliphatic rings. The lowest BCUT2D eigenvalue weighted by molar-refractivity contribution is 0.420. The van der Waals surface area contributed by atoms with E-state index in [-0.39, 0.29) is 5.95 Å². The summed E-state index contributed by atoms with van der Waals surface area (Å²) in [6.07, 6.45) is 0. The van der Waals surface area contributed by atoms with Crippen LogP contribution in [0.2, 0.25) is 0 Å². The minimum absolute atomic E-state index is 0.102. The van der Waals surface area contributed by atoms with Crippen LogP contribution < -0.4 is 5.73 Å². The van der Waals surface area contributed by atoms with Gasteiger partial charge in [-0.2, -0.15) is 4.98 Å². The van der Waals surface area contributed by atoms with Crippen LogP contribution in [-0.4, -0.2) is 10.1 Å². The summed E-state index contributed by atoms with van der Waals surface area (Å²) in [4.78, 5) is 3.88. The normalized spacial score (nSPS) is 10.9. The number of nitrogen functional groups attached to an aromatic ring is 1. The molecule has 0 aliphatic carbocycles. The maximum Gasteiger partial charge on any atom is 0.295 e. The van der Waals surface area contributed by atoms with Crippen LogP contribution in [0.3, 0.4) is 0 Å². The average molecular weight is 201 g/mol. The Hall–Kier alpha value is -2.30. The molecular weight excluding hydrogens is 194 g/mol. The van der Waals surface area contributed by atoms with E-state index in [1.807, 2.05) is 30.3 Å². The van der Waals surface area contributed by atoms with Crippen molar-refractivity contribution in [1.82, 2.24) is 10.1 Å². The molecule has 0 amide bonds. The van der Waals surface area contributed by atoms with Crippen molar-refractivity contribution >= 4 is 16.9 Å². The fraction of sp³-hybridized carbons (Fsp3) is 0. The van der Waals surface area contributed by atoms with Crippen LogP contribution in [0.25, 0.3) is 22.6 Å². The number of hydrogen-bond donors (Lipinski definition) is 1. The van der Waals surface area contributed by atoms with Crippen molar-refractivity contribution in [3.8, 4) is 11.7 Å². The zero-order valence-corrected chi connectivity index (χ0v) is 7.68.